The largest absolute Gasteiger partial charge is 0.478 e. The fraction of sp³-hybridized carbons (Fsp3) is 0.250. The van der Waals surface area contributed by atoms with Gasteiger partial charge in [0.15, 0.2) is 0 Å². The number of aromatic carboxylic acids is 2. The number of nitrogens with zero attached hydrogens (tertiary/aromatic N) is 1. The van der Waals surface area contributed by atoms with E-state index in [4.69, 9.17) is 5.11 Å². The minimum atomic E-state index is -0.968. The van der Waals surface area contributed by atoms with Gasteiger partial charge in [-0.25, -0.2) is 9.59 Å². The smallest absolute Gasteiger partial charge is 0.337 e. The predicted molar refractivity (Wildman–Crippen MR) is 77.9 cm³/mol. The van der Waals surface area contributed by atoms with Gasteiger partial charge >= 0.3 is 11.9 Å². The van der Waals surface area contributed by atoms with Crippen LogP contribution in [-0.4, -0.2) is 26.7 Å². The van der Waals surface area contributed by atoms with E-state index in [1.807, 2.05) is 17.6 Å². The van der Waals surface area contributed by atoms with Crippen LogP contribution in [0.2, 0.25) is 0 Å². The zero-order chi connectivity index (χ0) is 15.4. The van der Waals surface area contributed by atoms with E-state index in [9.17, 15) is 14.7 Å². The molecule has 0 aliphatic rings. The maximum Gasteiger partial charge on any atom is 0.337 e. The number of hydrogen-bond donors (Lipinski definition) is 2. The van der Waals surface area contributed by atoms with Crippen molar-refractivity contribution in [1.29, 1.82) is 0 Å². The van der Waals surface area contributed by atoms with Gasteiger partial charge in [-0.15, -0.1) is 0 Å². The summed E-state index contributed by atoms with van der Waals surface area (Å²) in [6, 6.07) is 8.27. The van der Waals surface area contributed by atoms with E-state index in [0.29, 0.717) is 18.5 Å². The van der Waals surface area contributed by atoms with Crippen LogP contribution >= 0.6 is 0 Å². The van der Waals surface area contributed by atoms with Crippen molar-refractivity contribution in [3.8, 4) is 0 Å². The van der Waals surface area contributed by atoms with Crippen LogP contribution in [0.3, 0.4) is 0 Å². The predicted octanol–water partition coefficient (Wildman–Crippen LogP) is 2.89. The van der Waals surface area contributed by atoms with E-state index in [1.165, 1.54) is 6.07 Å². The van der Waals surface area contributed by atoms with E-state index in [2.05, 4.69) is 0 Å². The zero-order valence-corrected chi connectivity index (χ0v) is 11.7. The second-order valence-corrected chi connectivity index (χ2v) is 4.86. The lowest BCUT2D eigenvalue weighted by Crippen LogP contribution is -2.08. The fourth-order valence-corrected chi connectivity index (χ4v) is 2.36. The van der Waals surface area contributed by atoms with Gasteiger partial charge in [0.25, 0.3) is 0 Å². The number of aromatic nitrogens is 1. The molecule has 5 heteroatoms. The van der Waals surface area contributed by atoms with Crippen LogP contribution in [-0.2, 0) is 13.0 Å². The number of benzene rings is 1. The first kappa shape index (κ1) is 14.8. The van der Waals surface area contributed by atoms with E-state index in [1.54, 1.807) is 24.4 Å². The third kappa shape index (κ3) is 3.31. The molecule has 5 nitrogen and oxygen atoms in total. The highest BCUT2D eigenvalue weighted by molar-refractivity contribution is 5.89. The normalized spacial score (nSPS) is 10.5. The molecule has 0 aliphatic carbocycles. The SMILES string of the molecule is CCCc1c(C(=O)O)ccn1Cc1cccc(C(=O)O)c1. The van der Waals surface area contributed by atoms with Crippen molar-refractivity contribution in [2.75, 3.05) is 0 Å². The van der Waals surface area contributed by atoms with Crippen molar-refractivity contribution in [2.45, 2.75) is 26.3 Å². The molecule has 0 saturated carbocycles. The van der Waals surface area contributed by atoms with E-state index in [0.717, 1.165) is 17.7 Å². The van der Waals surface area contributed by atoms with Crippen LogP contribution in [0.4, 0.5) is 0 Å². The molecule has 21 heavy (non-hydrogen) atoms. The van der Waals surface area contributed by atoms with Crippen LogP contribution in [0.1, 0.15) is 45.3 Å². The van der Waals surface area contributed by atoms with Crippen LogP contribution in [0, 0.1) is 0 Å². The monoisotopic (exact) mass is 287 g/mol. The number of hydrogen-bond acceptors (Lipinski definition) is 2. The molecule has 0 bridgehead atoms. The second kappa shape index (κ2) is 6.26. The summed E-state index contributed by atoms with van der Waals surface area (Å²) in [7, 11) is 0. The molecule has 2 aromatic rings. The lowest BCUT2D eigenvalue weighted by molar-refractivity contribution is 0.0685. The van der Waals surface area contributed by atoms with Gasteiger partial charge in [-0.1, -0.05) is 25.5 Å². The Balaban J connectivity index is 2.33. The maximum absolute atomic E-state index is 11.2. The van der Waals surface area contributed by atoms with Crippen LogP contribution < -0.4 is 0 Å². The molecule has 0 radical (unpaired) electrons. The van der Waals surface area contributed by atoms with Gasteiger partial charge < -0.3 is 14.8 Å². The highest BCUT2D eigenvalue weighted by Gasteiger charge is 2.14. The second-order valence-electron chi connectivity index (χ2n) is 4.86. The summed E-state index contributed by atoms with van der Waals surface area (Å²) in [6.45, 7) is 2.46. The Hall–Kier alpha value is -2.56. The summed E-state index contributed by atoms with van der Waals surface area (Å²) in [6.07, 6.45) is 3.26. The quantitative estimate of drug-likeness (QED) is 0.856. The van der Waals surface area contributed by atoms with Gasteiger partial charge in [0.05, 0.1) is 11.1 Å². The van der Waals surface area contributed by atoms with E-state index < -0.39 is 11.9 Å². The number of carbonyl (C=O) groups is 2. The van der Waals surface area contributed by atoms with Gasteiger partial charge in [-0.3, -0.25) is 0 Å². The highest BCUT2D eigenvalue weighted by atomic mass is 16.4. The Labute approximate surface area is 122 Å². The molecule has 1 heterocycles. The average Bonchev–Trinajstić information content (AvgIpc) is 2.83. The summed E-state index contributed by atoms with van der Waals surface area (Å²) < 4.78 is 1.87. The van der Waals surface area contributed by atoms with Crippen molar-refractivity contribution in [3.05, 3.63) is 58.9 Å². The molecule has 0 spiro atoms. The first-order valence-electron chi connectivity index (χ1n) is 6.76. The van der Waals surface area contributed by atoms with Crippen molar-refractivity contribution in [1.82, 2.24) is 4.57 Å². The summed E-state index contributed by atoms with van der Waals surface area (Å²) in [5, 5.41) is 18.2. The summed E-state index contributed by atoms with van der Waals surface area (Å²) in [4.78, 5) is 22.2. The van der Waals surface area contributed by atoms with Crippen molar-refractivity contribution in [2.24, 2.45) is 0 Å². The Bertz CT molecular complexity index is 673. The van der Waals surface area contributed by atoms with Gasteiger partial charge in [0.2, 0.25) is 0 Å². The van der Waals surface area contributed by atoms with Crippen molar-refractivity contribution < 1.29 is 19.8 Å². The number of rotatable bonds is 6. The molecule has 1 aromatic carbocycles. The molecule has 0 atom stereocenters. The van der Waals surface area contributed by atoms with E-state index in [-0.39, 0.29) is 5.56 Å². The first-order chi connectivity index (χ1) is 10.0. The highest BCUT2D eigenvalue weighted by Crippen LogP contribution is 2.16. The minimum Gasteiger partial charge on any atom is -0.478 e. The van der Waals surface area contributed by atoms with Crippen LogP contribution in [0.5, 0.6) is 0 Å². The molecule has 0 unspecified atom stereocenters. The Kier molecular flexibility index (Phi) is 4.42. The summed E-state index contributed by atoms with van der Waals surface area (Å²) >= 11 is 0. The Morgan fingerprint density at radius 2 is 1.90 bits per heavy atom. The molecule has 1 aromatic heterocycles. The molecule has 0 saturated heterocycles. The lowest BCUT2D eigenvalue weighted by atomic mass is 10.1. The standard InChI is InChI=1S/C16H17NO4/c1-2-4-14-13(16(20)21)7-8-17(14)10-11-5-3-6-12(9-11)15(18)19/h3,5-9H,2,4,10H2,1H3,(H,18,19)(H,20,21). The van der Waals surface area contributed by atoms with Gasteiger partial charge in [0.1, 0.15) is 0 Å². The molecule has 110 valence electrons. The molecule has 0 amide bonds. The van der Waals surface area contributed by atoms with E-state index >= 15 is 0 Å². The molecule has 2 N–H and O–H groups in total. The van der Waals surface area contributed by atoms with Crippen molar-refractivity contribution >= 4 is 11.9 Å². The molecule has 2 rings (SSSR count). The third-order valence-corrected chi connectivity index (χ3v) is 3.32. The van der Waals surface area contributed by atoms with Gasteiger partial charge in [0, 0.05) is 18.4 Å². The molecular weight excluding hydrogens is 270 g/mol. The number of carboxylic acid groups (broad SMARTS) is 2. The minimum absolute atomic E-state index is 0.232. The number of carboxylic acids is 2. The average molecular weight is 287 g/mol. The summed E-state index contributed by atoms with van der Waals surface area (Å²) in [5.41, 5.74) is 2.15. The fourth-order valence-electron chi connectivity index (χ4n) is 2.36. The maximum atomic E-state index is 11.2. The summed E-state index contributed by atoms with van der Waals surface area (Å²) in [5.74, 6) is -1.90. The topological polar surface area (TPSA) is 79.5 Å². The molecule has 0 fully saturated rings. The van der Waals surface area contributed by atoms with Gasteiger partial charge in [-0.05, 0) is 30.2 Å². The van der Waals surface area contributed by atoms with Crippen LogP contribution in [0.15, 0.2) is 36.5 Å². The van der Waals surface area contributed by atoms with Gasteiger partial charge in [-0.2, -0.15) is 0 Å². The Morgan fingerprint density at radius 3 is 2.52 bits per heavy atom. The molecular formula is C16H17NO4. The third-order valence-electron chi connectivity index (χ3n) is 3.32. The molecule has 0 aliphatic heterocycles. The lowest BCUT2D eigenvalue weighted by Gasteiger charge is -2.10. The van der Waals surface area contributed by atoms with Crippen LogP contribution in [0.25, 0.3) is 0 Å². The zero-order valence-electron chi connectivity index (χ0n) is 11.7. The Morgan fingerprint density at radius 1 is 1.14 bits per heavy atom. The van der Waals surface area contributed by atoms with Crippen molar-refractivity contribution in [3.63, 3.8) is 0 Å². The first-order valence-corrected chi connectivity index (χ1v) is 6.76.